The van der Waals surface area contributed by atoms with E-state index < -0.39 is 5.60 Å². The molecule has 0 bridgehead atoms. The molecule has 2 heterocycles. The zero-order valence-corrected chi connectivity index (χ0v) is 13.1. The molecule has 0 saturated carbocycles. The first kappa shape index (κ1) is 14.6. The van der Waals surface area contributed by atoms with Crippen molar-refractivity contribution in [2.75, 3.05) is 4.90 Å². The van der Waals surface area contributed by atoms with Crippen molar-refractivity contribution in [3.05, 3.63) is 59.8 Å². The fourth-order valence-corrected chi connectivity index (χ4v) is 2.72. The fraction of sp³-hybridized carbons (Fsp3) is 0.333. The van der Waals surface area contributed by atoms with Gasteiger partial charge >= 0.3 is 6.09 Å². The molecule has 1 unspecified atom stereocenters. The molecule has 0 fully saturated rings. The van der Waals surface area contributed by atoms with Crippen LogP contribution in [0, 0.1) is 0 Å². The van der Waals surface area contributed by atoms with Crippen LogP contribution in [0.5, 0.6) is 0 Å². The van der Waals surface area contributed by atoms with Crippen LogP contribution < -0.4 is 4.90 Å². The van der Waals surface area contributed by atoms with Gasteiger partial charge in [-0.15, -0.1) is 0 Å². The molecule has 1 amide bonds. The van der Waals surface area contributed by atoms with Gasteiger partial charge in [0.2, 0.25) is 0 Å². The standard InChI is InChI=1S/C18H20N2O2/c1-18(2,3)22-17(21)20-15(13-8-5-4-6-9-13)12-14-10-7-11-19-16(14)20/h4-11,15H,12H2,1-3H3. The number of aromatic nitrogens is 1. The lowest BCUT2D eigenvalue weighted by Crippen LogP contribution is -2.37. The first-order valence-corrected chi connectivity index (χ1v) is 7.47. The van der Waals surface area contributed by atoms with Crippen molar-refractivity contribution in [1.82, 2.24) is 4.98 Å². The van der Waals surface area contributed by atoms with E-state index >= 15 is 0 Å². The van der Waals surface area contributed by atoms with Crippen LogP contribution in [0.2, 0.25) is 0 Å². The smallest absolute Gasteiger partial charge is 0.416 e. The average Bonchev–Trinajstić information content (AvgIpc) is 2.86. The van der Waals surface area contributed by atoms with Gasteiger partial charge in [0.05, 0.1) is 6.04 Å². The zero-order valence-electron chi connectivity index (χ0n) is 13.1. The van der Waals surface area contributed by atoms with Crippen LogP contribution >= 0.6 is 0 Å². The summed E-state index contributed by atoms with van der Waals surface area (Å²) in [5.41, 5.74) is 1.63. The molecule has 114 valence electrons. The number of pyridine rings is 1. The van der Waals surface area contributed by atoms with E-state index in [0.29, 0.717) is 5.82 Å². The number of benzene rings is 1. The van der Waals surface area contributed by atoms with Gasteiger partial charge in [0, 0.05) is 12.6 Å². The Labute approximate surface area is 130 Å². The topological polar surface area (TPSA) is 42.4 Å². The minimum Gasteiger partial charge on any atom is -0.443 e. The van der Waals surface area contributed by atoms with Crippen molar-refractivity contribution in [2.45, 2.75) is 38.8 Å². The number of anilines is 1. The summed E-state index contributed by atoms with van der Waals surface area (Å²) in [5, 5.41) is 0. The molecule has 4 nitrogen and oxygen atoms in total. The third-order valence-corrected chi connectivity index (χ3v) is 3.60. The van der Waals surface area contributed by atoms with E-state index in [4.69, 9.17) is 4.74 Å². The van der Waals surface area contributed by atoms with Crippen molar-refractivity contribution in [3.8, 4) is 0 Å². The van der Waals surface area contributed by atoms with E-state index in [1.54, 1.807) is 11.1 Å². The Balaban J connectivity index is 1.99. The number of hydrogen-bond acceptors (Lipinski definition) is 3. The van der Waals surface area contributed by atoms with Crippen molar-refractivity contribution in [2.24, 2.45) is 0 Å². The highest BCUT2D eigenvalue weighted by atomic mass is 16.6. The van der Waals surface area contributed by atoms with Crippen LogP contribution in [0.4, 0.5) is 10.6 Å². The van der Waals surface area contributed by atoms with E-state index in [0.717, 1.165) is 17.5 Å². The molecule has 0 N–H and O–H groups in total. The molecule has 2 aromatic rings. The van der Waals surface area contributed by atoms with Gasteiger partial charge in [-0.2, -0.15) is 0 Å². The van der Waals surface area contributed by atoms with Crippen LogP contribution in [0.15, 0.2) is 48.7 Å². The number of hydrogen-bond donors (Lipinski definition) is 0. The molecule has 0 spiro atoms. The van der Waals surface area contributed by atoms with E-state index in [2.05, 4.69) is 4.98 Å². The number of rotatable bonds is 1. The lowest BCUT2D eigenvalue weighted by molar-refractivity contribution is 0.0568. The SMILES string of the molecule is CC(C)(C)OC(=O)N1c2ncccc2CC1c1ccccc1. The molecule has 3 rings (SSSR count). The molecular weight excluding hydrogens is 276 g/mol. The van der Waals surface area contributed by atoms with Gasteiger partial charge in [-0.25, -0.2) is 9.78 Å². The molecule has 0 saturated heterocycles. The number of nitrogens with zero attached hydrogens (tertiary/aromatic N) is 2. The second-order valence-electron chi connectivity index (χ2n) is 6.47. The molecule has 1 aromatic heterocycles. The first-order chi connectivity index (χ1) is 10.5. The van der Waals surface area contributed by atoms with Gasteiger partial charge in [-0.05, 0) is 38.0 Å². The lowest BCUT2D eigenvalue weighted by atomic mass is 10.0. The first-order valence-electron chi connectivity index (χ1n) is 7.47. The number of ether oxygens (including phenoxy) is 1. The maximum absolute atomic E-state index is 12.7. The van der Waals surface area contributed by atoms with Crippen LogP contribution in [-0.4, -0.2) is 16.7 Å². The summed E-state index contributed by atoms with van der Waals surface area (Å²) < 4.78 is 5.58. The highest BCUT2D eigenvalue weighted by molar-refractivity contribution is 5.90. The van der Waals surface area contributed by atoms with E-state index in [-0.39, 0.29) is 12.1 Å². The number of amides is 1. The van der Waals surface area contributed by atoms with Gasteiger partial charge in [0.15, 0.2) is 0 Å². The predicted octanol–water partition coefficient (Wildman–Crippen LogP) is 4.12. The monoisotopic (exact) mass is 296 g/mol. The summed E-state index contributed by atoms with van der Waals surface area (Å²) in [5.74, 6) is 0.700. The Morgan fingerprint density at radius 1 is 1.18 bits per heavy atom. The Hall–Kier alpha value is -2.36. The van der Waals surface area contributed by atoms with E-state index in [1.807, 2.05) is 63.2 Å². The molecule has 4 heteroatoms. The van der Waals surface area contributed by atoms with E-state index in [9.17, 15) is 4.79 Å². The van der Waals surface area contributed by atoms with Crippen LogP contribution in [0.3, 0.4) is 0 Å². The summed E-state index contributed by atoms with van der Waals surface area (Å²) in [6.07, 6.45) is 2.12. The number of carbonyl (C=O) groups excluding carboxylic acids is 1. The minimum atomic E-state index is -0.532. The largest absolute Gasteiger partial charge is 0.443 e. The Morgan fingerprint density at radius 3 is 2.59 bits per heavy atom. The minimum absolute atomic E-state index is 0.0686. The van der Waals surface area contributed by atoms with Crippen LogP contribution in [-0.2, 0) is 11.2 Å². The Bertz CT molecular complexity index is 677. The summed E-state index contributed by atoms with van der Waals surface area (Å²) >= 11 is 0. The molecule has 0 radical (unpaired) electrons. The van der Waals surface area contributed by atoms with Gasteiger partial charge in [0.1, 0.15) is 11.4 Å². The van der Waals surface area contributed by atoms with Gasteiger partial charge in [-0.3, -0.25) is 4.90 Å². The third kappa shape index (κ3) is 2.82. The van der Waals surface area contributed by atoms with E-state index in [1.165, 1.54) is 0 Å². The zero-order chi connectivity index (χ0) is 15.7. The highest BCUT2D eigenvalue weighted by Gasteiger charge is 2.38. The third-order valence-electron chi connectivity index (χ3n) is 3.60. The Kier molecular flexibility index (Phi) is 3.61. The van der Waals surface area contributed by atoms with Crippen molar-refractivity contribution < 1.29 is 9.53 Å². The molecule has 1 aliphatic heterocycles. The predicted molar refractivity (Wildman–Crippen MR) is 85.8 cm³/mol. The molecule has 1 aliphatic rings. The van der Waals surface area contributed by atoms with Crippen LogP contribution in [0.1, 0.15) is 37.9 Å². The summed E-state index contributed by atoms with van der Waals surface area (Å²) in [6.45, 7) is 5.62. The van der Waals surface area contributed by atoms with Crippen molar-refractivity contribution >= 4 is 11.9 Å². The van der Waals surface area contributed by atoms with Crippen LogP contribution in [0.25, 0.3) is 0 Å². The maximum Gasteiger partial charge on any atom is 0.416 e. The second-order valence-corrected chi connectivity index (χ2v) is 6.47. The van der Waals surface area contributed by atoms with Gasteiger partial charge in [0.25, 0.3) is 0 Å². The second kappa shape index (κ2) is 5.44. The summed E-state index contributed by atoms with van der Waals surface area (Å²) in [6, 6.07) is 13.9. The average molecular weight is 296 g/mol. The molecule has 1 atom stereocenters. The summed E-state index contributed by atoms with van der Waals surface area (Å²) in [4.78, 5) is 18.7. The quantitative estimate of drug-likeness (QED) is 0.795. The maximum atomic E-state index is 12.7. The number of fused-ring (bicyclic) bond motifs is 1. The van der Waals surface area contributed by atoms with Gasteiger partial charge < -0.3 is 4.74 Å². The number of carbonyl (C=O) groups is 1. The highest BCUT2D eigenvalue weighted by Crippen LogP contribution is 2.39. The van der Waals surface area contributed by atoms with Crippen molar-refractivity contribution in [3.63, 3.8) is 0 Å². The lowest BCUT2D eigenvalue weighted by Gasteiger charge is -2.28. The van der Waals surface area contributed by atoms with Crippen molar-refractivity contribution in [1.29, 1.82) is 0 Å². The fourth-order valence-electron chi connectivity index (χ4n) is 2.72. The normalized spacial score (nSPS) is 17.2. The Morgan fingerprint density at radius 2 is 1.91 bits per heavy atom. The molecular formula is C18H20N2O2. The molecule has 0 aliphatic carbocycles. The van der Waals surface area contributed by atoms with Gasteiger partial charge in [-0.1, -0.05) is 36.4 Å². The molecule has 22 heavy (non-hydrogen) atoms. The molecule has 1 aromatic carbocycles. The summed E-state index contributed by atoms with van der Waals surface area (Å²) in [7, 11) is 0.